The molecule has 2 rings (SSSR count). The lowest BCUT2D eigenvalue weighted by atomic mass is 9.41. The second kappa shape index (κ2) is 12.2. The molecule has 0 saturated carbocycles. The zero-order valence-corrected chi connectivity index (χ0v) is 29.4. The molecule has 1 aromatic heterocycles. The van der Waals surface area contributed by atoms with Crippen molar-refractivity contribution in [1.29, 1.82) is 0 Å². The number of esters is 1. The molecule has 0 saturated heterocycles. The van der Waals surface area contributed by atoms with E-state index in [0.717, 1.165) is 29.3 Å². The van der Waals surface area contributed by atoms with E-state index in [1.807, 2.05) is 18.3 Å². The molecule has 1 N–H and O–H groups in total. The summed E-state index contributed by atoms with van der Waals surface area (Å²) in [4.78, 5) is 30.7. The summed E-state index contributed by atoms with van der Waals surface area (Å²) in [5.74, 6) is 0.274. The maximum Gasteiger partial charge on any atom is 0.414 e. The first kappa shape index (κ1) is 35.7. The lowest BCUT2D eigenvalue weighted by molar-refractivity contribution is -0.212. The van der Waals surface area contributed by atoms with Crippen LogP contribution >= 0.6 is 0 Å². The first-order valence-corrected chi connectivity index (χ1v) is 15.7. The van der Waals surface area contributed by atoms with Gasteiger partial charge in [0.2, 0.25) is 0 Å². The molecule has 0 aliphatic rings. The Hall–Kier alpha value is -2.50. The van der Waals surface area contributed by atoms with Crippen LogP contribution in [0.4, 0.5) is 4.79 Å². The van der Waals surface area contributed by atoms with Gasteiger partial charge in [0, 0.05) is 42.5 Å². The number of hydrogen-bond acceptors (Lipinski definition) is 4. The minimum Gasteiger partial charge on any atom is -0.459 e. The van der Waals surface area contributed by atoms with Gasteiger partial charge in [0.15, 0.2) is 0 Å². The number of carbonyl (C=O) groups is 2. The van der Waals surface area contributed by atoms with Gasteiger partial charge in [-0.25, -0.2) is 4.79 Å². The zero-order valence-electron chi connectivity index (χ0n) is 29.4. The highest BCUT2D eigenvalue weighted by Crippen LogP contribution is 2.66. The van der Waals surface area contributed by atoms with Crippen molar-refractivity contribution < 1.29 is 19.1 Å². The summed E-state index contributed by atoms with van der Waals surface area (Å²) >= 11 is 0. The third-order valence-electron chi connectivity index (χ3n) is 12.1. The fraction of sp³-hybridized carbons (Fsp3) is 0.722. The van der Waals surface area contributed by atoms with Gasteiger partial charge in [-0.2, -0.15) is 0 Å². The molecule has 1 aromatic carbocycles. The SMILES string of the molecule is CCCCN(C)C(=O)Oc1ccc2[nH]cc(CCC(=O)OC(C)(C)C(C)(C)C(C)(C)C(C)(C)C(C)(C)C(C)(C)C)c2c1. The van der Waals surface area contributed by atoms with E-state index in [1.54, 1.807) is 18.0 Å². The first-order valence-electron chi connectivity index (χ1n) is 15.7. The predicted octanol–water partition coefficient (Wildman–Crippen LogP) is 9.80. The predicted molar refractivity (Wildman–Crippen MR) is 175 cm³/mol. The standard InChI is InChI=1S/C36H60N2O4/c1-16-17-22-38(15)30(40)41-26-19-20-28-27(23-26)25(24-37-28)18-21-29(39)42-36(13,14)35(11,12)34(9,10)33(7,8)32(5,6)31(2,3)4/h19-20,23-24,37H,16-18,21-22H2,1-15H3. The zero-order chi connectivity index (χ0) is 32.5. The second-order valence-corrected chi connectivity index (χ2v) is 15.9. The third-order valence-corrected chi connectivity index (χ3v) is 12.1. The van der Waals surface area contributed by atoms with Gasteiger partial charge in [-0.3, -0.25) is 4.79 Å². The number of aryl methyl sites for hydroxylation is 1. The van der Waals surface area contributed by atoms with Crippen LogP contribution in [-0.2, 0) is 16.0 Å². The van der Waals surface area contributed by atoms with Crippen molar-refractivity contribution in [3.63, 3.8) is 0 Å². The van der Waals surface area contributed by atoms with Crippen LogP contribution in [0.25, 0.3) is 10.9 Å². The van der Waals surface area contributed by atoms with E-state index in [4.69, 9.17) is 9.47 Å². The largest absolute Gasteiger partial charge is 0.459 e. The minimum absolute atomic E-state index is 0.00823. The molecule has 6 nitrogen and oxygen atoms in total. The van der Waals surface area contributed by atoms with E-state index in [9.17, 15) is 9.59 Å². The molecule has 2 aromatic rings. The third kappa shape index (κ3) is 6.68. The number of rotatable bonds is 12. The molecule has 42 heavy (non-hydrogen) atoms. The number of amides is 1. The summed E-state index contributed by atoms with van der Waals surface area (Å²) in [6.45, 7) is 32.4. The van der Waals surface area contributed by atoms with Gasteiger partial charge in [-0.1, -0.05) is 89.5 Å². The average Bonchev–Trinajstić information content (AvgIpc) is 3.26. The molecule has 1 heterocycles. The molecular formula is C36H60N2O4. The quantitative estimate of drug-likeness (QED) is 0.252. The Bertz CT molecular complexity index is 1240. The van der Waals surface area contributed by atoms with Crippen molar-refractivity contribution in [1.82, 2.24) is 9.88 Å². The second-order valence-electron chi connectivity index (χ2n) is 15.9. The number of aromatic amines is 1. The lowest BCUT2D eigenvalue weighted by Gasteiger charge is -2.65. The van der Waals surface area contributed by atoms with Crippen LogP contribution in [0.1, 0.15) is 122 Å². The maximum atomic E-state index is 13.3. The molecule has 238 valence electrons. The highest BCUT2D eigenvalue weighted by atomic mass is 16.6. The number of aromatic nitrogens is 1. The van der Waals surface area contributed by atoms with Crippen LogP contribution in [0.15, 0.2) is 24.4 Å². The first-order chi connectivity index (χ1) is 18.9. The Morgan fingerprint density at radius 2 is 1.40 bits per heavy atom. The molecule has 0 spiro atoms. The lowest BCUT2D eigenvalue weighted by Crippen LogP contribution is -2.61. The van der Waals surface area contributed by atoms with Gasteiger partial charge in [-0.05, 0) is 72.1 Å². The van der Waals surface area contributed by atoms with E-state index < -0.39 is 5.60 Å². The van der Waals surface area contributed by atoms with Crippen LogP contribution in [-0.4, -0.2) is 41.1 Å². The van der Waals surface area contributed by atoms with Gasteiger partial charge in [0.1, 0.15) is 11.4 Å². The number of unbranched alkanes of at least 4 members (excludes halogenated alkanes) is 1. The molecular weight excluding hydrogens is 524 g/mol. The number of ether oxygens (including phenoxy) is 2. The molecule has 0 radical (unpaired) electrons. The number of benzene rings is 1. The summed E-state index contributed by atoms with van der Waals surface area (Å²) < 4.78 is 11.9. The van der Waals surface area contributed by atoms with Crippen molar-refractivity contribution in [3.8, 4) is 5.75 Å². The van der Waals surface area contributed by atoms with Crippen LogP contribution in [0.3, 0.4) is 0 Å². The fourth-order valence-corrected chi connectivity index (χ4v) is 6.05. The van der Waals surface area contributed by atoms with Gasteiger partial charge in [0.05, 0.1) is 0 Å². The van der Waals surface area contributed by atoms with Crippen LogP contribution in [0.2, 0.25) is 0 Å². The number of hydrogen-bond donors (Lipinski definition) is 1. The van der Waals surface area contributed by atoms with E-state index in [0.29, 0.717) is 18.7 Å². The van der Waals surface area contributed by atoms with E-state index in [-0.39, 0.29) is 45.6 Å². The van der Waals surface area contributed by atoms with Crippen LogP contribution < -0.4 is 4.74 Å². The molecule has 0 unspecified atom stereocenters. The smallest absolute Gasteiger partial charge is 0.414 e. The van der Waals surface area contributed by atoms with Gasteiger partial charge in [0.25, 0.3) is 0 Å². The Morgan fingerprint density at radius 3 is 1.95 bits per heavy atom. The summed E-state index contributed by atoms with van der Waals surface area (Å²) in [7, 11) is 1.75. The van der Waals surface area contributed by atoms with Gasteiger partial charge in [-0.15, -0.1) is 0 Å². The molecule has 0 bridgehead atoms. The highest BCUT2D eigenvalue weighted by molar-refractivity contribution is 5.86. The molecule has 0 aliphatic carbocycles. The Balaban J connectivity index is 2.19. The molecule has 6 heteroatoms. The van der Waals surface area contributed by atoms with Crippen molar-refractivity contribution in [2.24, 2.45) is 27.1 Å². The monoisotopic (exact) mass is 584 g/mol. The fourth-order valence-electron chi connectivity index (χ4n) is 6.05. The van der Waals surface area contributed by atoms with E-state index >= 15 is 0 Å². The molecule has 0 fully saturated rings. The van der Waals surface area contributed by atoms with Gasteiger partial charge >= 0.3 is 12.1 Å². The van der Waals surface area contributed by atoms with Crippen LogP contribution in [0, 0.1) is 27.1 Å². The summed E-state index contributed by atoms with van der Waals surface area (Å²) in [6, 6.07) is 5.56. The number of nitrogens with zero attached hydrogens (tertiary/aromatic N) is 1. The van der Waals surface area contributed by atoms with Crippen molar-refractivity contribution in [2.45, 2.75) is 128 Å². The normalized spacial score (nSPS) is 13.8. The van der Waals surface area contributed by atoms with E-state index in [2.05, 4.69) is 102 Å². The van der Waals surface area contributed by atoms with Crippen molar-refractivity contribution in [2.75, 3.05) is 13.6 Å². The highest BCUT2D eigenvalue weighted by Gasteiger charge is 2.62. The average molecular weight is 585 g/mol. The minimum atomic E-state index is -0.704. The molecule has 1 amide bonds. The number of nitrogens with one attached hydrogen (secondary N) is 1. The van der Waals surface area contributed by atoms with Crippen molar-refractivity contribution in [3.05, 3.63) is 30.0 Å². The van der Waals surface area contributed by atoms with Gasteiger partial charge < -0.3 is 19.4 Å². The number of H-pyrrole nitrogens is 1. The Kier molecular flexibility index (Phi) is 10.4. The Morgan fingerprint density at radius 1 is 0.833 bits per heavy atom. The molecule has 0 aliphatic heterocycles. The topological polar surface area (TPSA) is 71.6 Å². The molecule has 0 atom stereocenters. The number of carbonyl (C=O) groups excluding carboxylic acids is 2. The van der Waals surface area contributed by atoms with E-state index in [1.165, 1.54) is 0 Å². The van der Waals surface area contributed by atoms with Crippen LogP contribution in [0.5, 0.6) is 5.75 Å². The Labute approximate surface area is 256 Å². The summed E-state index contributed by atoms with van der Waals surface area (Å²) in [5, 5.41) is 0.941. The maximum absolute atomic E-state index is 13.3. The summed E-state index contributed by atoms with van der Waals surface area (Å²) in [5.41, 5.74) is 0.711. The summed E-state index contributed by atoms with van der Waals surface area (Å²) in [6.07, 6.45) is 4.28. The van der Waals surface area contributed by atoms with Crippen molar-refractivity contribution >= 4 is 23.0 Å². The number of fused-ring (bicyclic) bond motifs is 1.